The van der Waals surface area contributed by atoms with Gasteiger partial charge >= 0.3 is 0 Å². The van der Waals surface area contributed by atoms with E-state index in [1.165, 1.54) is 28.9 Å². The van der Waals surface area contributed by atoms with Gasteiger partial charge in [-0.3, -0.25) is 4.79 Å². The molecule has 29 heavy (non-hydrogen) atoms. The van der Waals surface area contributed by atoms with Crippen LogP contribution in [0, 0.1) is 0 Å². The second-order valence-corrected chi connectivity index (χ2v) is 8.04. The molecule has 1 saturated heterocycles. The molecule has 0 spiro atoms. The molecule has 1 heterocycles. The average molecular weight is 394 g/mol. The molecule has 0 bridgehead atoms. The van der Waals surface area contributed by atoms with E-state index < -0.39 is 0 Å². The third-order valence-corrected chi connectivity index (χ3v) is 5.65. The summed E-state index contributed by atoms with van der Waals surface area (Å²) >= 11 is 0. The Morgan fingerprint density at radius 1 is 0.966 bits per heavy atom. The summed E-state index contributed by atoms with van der Waals surface area (Å²) in [5.41, 5.74) is 3.51. The third-order valence-electron chi connectivity index (χ3n) is 5.65. The quantitative estimate of drug-likeness (QED) is 0.593. The number of unbranched alkanes of at least 4 members (excludes halogenated alkanes) is 1. The Morgan fingerprint density at radius 3 is 2.34 bits per heavy atom. The summed E-state index contributed by atoms with van der Waals surface area (Å²) < 4.78 is 0. The SMILES string of the molecule is CCCCc1ccc(NC(=O)C[NH+]2CC[NH+](C/C=C/c3ccccc3)CC2)cc1. The summed E-state index contributed by atoms with van der Waals surface area (Å²) in [6, 6.07) is 18.8. The molecule has 3 rings (SSSR count). The zero-order chi connectivity index (χ0) is 20.3. The first-order valence-electron chi connectivity index (χ1n) is 11.0. The van der Waals surface area contributed by atoms with Crippen molar-refractivity contribution < 1.29 is 14.6 Å². The lowest BCUT2D eigenvalue weighted by atomic mass is 10.1. The monoisotopic (exact) mass is 393 g/mol. The van der Waals surface area contributed by atoms with Crippen molar-refractivity contribution in [1.82, 2.24) is 0 Å². The molecule has 154 valence electrons. The summed E-state index contributed by atoms with van der Waals surface area (Å²) in [6.45, 7) is 8.17. The lowest BCUT2D eigenvalue weighted by molar-refractivity contribution is -1.01. The van der Waals surface area contributed by atoms with E-state index in [0.29, 0.717) is 6.54 Å². The highest BCUT2D eigenvalue weighted by Gasteiger charge is 2.23. The van der Waals surface area contributed by atoms with Crippen molar-refractivity contribution in [3.63, 3.8) is 0 Å². The Balaban J connectivity index is 1.35. The topological polar surface area (TPSA) is 38.0 Å². The Labute approximate surface area is 175 Å². The van der Waals surface area contributed by atoms with Crippen LogP contribution in [0.15, 0.2) is 60.7 Å². The zero-order valence-corrected chi connectivity index (χ0v) is 17.6. The number of carbonyl (C=O) groups excluding carboxylic acids is 1. The van der Waals surface area contributed by atoms with Crippen molar-refractivity contribution in [2.24, 2.45) is 0 Å². The van der Waals surface area contributed by atoms with Crippen LogP contribution in [0.1, 0.15) is 30.9 Å². The lowest BCUT2D eigenvalue weighted by Gasteiger charge is -2.28. The van der Waals surface area contributed by atoms with Gasteiger partial charge in [0.2, 0.25) is 0 Å². The minimum Gasteiger partial charge on any atom is -0.322 e. The highest BCUT2D eigenvalue weighted by molar-refractivity contribution is 5.91. The Bertz CT molecular complexity index is 762. The summed E-state index contributed by atoms with van der Waals surface area (Å²) in [5, 5.41) is 3.06. The first-order valence-corrected chi connectivity index (χ1v) is 11.0. The third kappa shape index (κ3) is 7.48. The fourth-order valence-electron chi connectivity index (χ4n) is 3.83. The van der Waals surface area contributed by atoms with E-state index in [4.69, 9.17) is 0 Å². The highest BCUT2D eigenvalue weighted by atomic mass is 16.2. The lowest BCUT2D eigenvalue weighted by Crippen LogP contribution is -3.28. The maximum Gasteiger partial charge on any atom is 0.279 e. The van der Waals surface area contributed by atoms with Crippen LogP contribution >= 0.6 is 0 Å². The van der Waals surface area contributed by atoms with Crippen LogP contribution in [-0.2, 0) is 11.2 Å². The number of hydrogen-bond acceptors (Lipinski definition) is 1. The van der Waals surface area contributed by atoms with E-state index in [-0.39, 0.29) is 5.91 Å². The highest BCUT2D eigenvalue weighted by Crippen LogP contribution is 2.11. The van der Waals surface area contributed by atoms with E-state index in [9.17, 15) is 4.79 Å². The molecule has 2 aromatic carbocycles. The van der Waals surface area contributed by atoms with Crippen LogP contribution in [0.4, 0.5) is 5.69 Å². The van der Waals surface area contributed by atoms with Crippen molar-refractivity contribution in [1.29, 1.82) is 0 Å². The molecule has 0 aliphatic carbocycles. The zero-order valence-electron chi connectivity index (χ0n) is 17.6. The number of carbonyl (C=O) groups is 1. The summed E-state index contributed by atoms with van der Waals surface area (Å²) in [7, 11) is 0. The molecule has 0 radical (unpaired) electrons. The van der Waals surface area contributed by atoms with Crippen LogP contribution in [0.3, 0.4) is 0 Å². The number of aryl methyl sites for hydroxylation is 1. The summed E-state index contributed by atoms with van der Waals surface area (Å²) in [5.74, 6) is 0.119. The smallest absolute Gasteiger partial charge is 0.279 e. The molecule has 2 aromatic rings. The first-order chi connectivity index (χ1) is 14.2. The van der Waals surface area contributed by atoms with Gasteiger partial charge in [-0.15, -0.1) is 0 Å². The molecule has 4 nitrogen and oxygen atoms in total. The fourth-order valence-corrected chi connectivity index (χ4v) is 3.83. The first kappa shape index (κ1) is 21.3. The molecule has 1 fully saturated rings. The molecule has 0 aromatic heterocycles. The van der Waals surface area contributed by atoms with Gasteiger partial charge in [-0.25, -0.2) is 0 Å². The number of quaternary nitrogens is 2. The maximum absolute atomic E-state index is 12.4. The molecule has 0 atom stereocenters. The van der Waals surface area contributed by atoms with Crippen molar-refractivity contribution in [2.75, 3.05) is 44.6 Å². The van der Waals surface area contributed by atoms with Crippen molar-refractivity contribution >= 4 is 17.7 Å². The number of nitrogens with one attached hydrogen (secondary N) is 3. The molecular weight excluding hydrogens is 358 g/mol. The fraction of sp³-hybridized carbons (Fsp3) is 0.400. The van der Waals surface area contributed by atoms with Crippen LogP contribution in [0.5, 0.6) is 0 Å². The number of benzene rings is 2. The molecule has 1 aliphatic rings. The minimum absolute atomic E-state index is 0.119. The van der Waals surface area contributed by atoms with E-state index in [1.807, 2.05) is 18.2 Å². The van der Waals surface area contributed by atoms with Crippen molar-refractivity contribution in [3.05, 3.63) is 71.8 Å². The van der Waals surface area contributed by atoms with Gasteiger partial charge in [-0.05, 0) is 42.2 Å². The van der Waals surface area contributed by atoms with Gasteiger partial charge in [-0.2, -0.15) is 0 Å². The van der Waals surface area contributed by atoms with Gasteiger partial charge in [-0.1, -0.05) is 61.9 Å². The molecule has 1 aliphatic heterocycles. The largest absolute Gasteiger partial charge is 0.322 e. The van der Waals surface area contributed by atoms with Crippen molar-refractivity contribution in [3.8, 4) is 0 Å². The Morgan fingerprint density at radius 2 is 1.66 bits per heavy atom. The van der Waals surface area contributed by atoms with Crippen LogP contribution < -0.4 is 15.1 Å². The molecule has 1 amide bonds. The van der Waals surface area contributed by atoms with Gasteiger partial charge in [0.15, 0.2) is 6.54 Å². The van der Waals surface area contributed by atoms with Crippen LogP contribution in [-0.4, -0.2) is 45.2 Å². The molecule has 4 heteroatoms. The van der Waals surface area contributed by atoms with E-state index in [1.54, 1.807) is 4.90 Å². The van der Waals surface area contributed by atoms with Gasteiger partial charge in [0.25, 0.3) is 5.91 Å². The predicted molar refractivity (Wildman–Crippen MR) is 120 cm³/mol. The van der Waals surface area contributed by atoms with E-state index in [2.05, 4.69) is 60.8 Å². The normalized spacial score (nSPS) is 19.3. The molecular formula is C25H35N3O+2. The van der Waals surface area contributed by atoms with Gasteiger partial charge in [0.05, 0.1) is 6.54 Å². The van der Waals surface area contributed by atoms with Crippen molar-refractivity contribution in [2.45, 2.75) is 26.2 Å². The van der Waals surface area contributed by atoms with Crippen LogP contribution in [0.2, 0.25) is 0 Å². The van der Waals surface area contributed by atoms with E-state index in [0.717, 1.165) is 44.8 Å². The second kappa shape index (κ2) is 11.5. The number of piperazine rings is 1. The standard InChI is InChI=1S/C25H33N3O/c1-2-3-8-23-12-14-24(15-13-23)26-25(29)21-28-19-17-27(18-20-28)16-7-11-22-9-5-4-6-10-22/h4-7,9-15H,2-3,8,16-21H2,1H3,(H,26,29)/p+2/b11-7+. The molecule has 3 N–H and O–H groups in total. The predicted octanol–water partition coefficient (Wildman–Crippen LogP) is 1.46. The number of amides is 1. The molecule has 0 saturated carbocycles. The summed E-state index contributed by atoms with van der Waals surface area (Å²) in [6.07, 6.45) is 8.01. The minimum atomic E-state index is 0.119. The number of anilines is 1. The van der Waals surface area contributed by atoms with Gasteiger partial charge < -0.3 is 15.1 Å². The Kier molecular flexibility index (Phi) is 8.47. The maximum atomic E-state index is 12.4. The van der Waals surface area contributed by atoms with Gasteiger partial charge in [0, 0.05) is 5.69 Å². The average Bonchev–Trinajstić information content (AvgIpc) is 2.75. The van der Waals surface area contributed by atoms with Gasteiger partial charge in [0.1, 0.15) is 26.2 Å². The van der Waals surface area contributed by atoms with Crippen LogP contribution in [0.25, 0.3) is 6.08 Å². The summed E-state index contributed by atoms with van der Waals surface area (Å²) in [4.78, 5) is 15.4. The van der Waals surface area contributed by atoms with E-state index >= 15 is 0 Å². The molecule has 0 unspecified atom stereocenters. The number of hydrogen-bond donors (Lipinski definition) is 3. The number of rotatable bonds is 9. The second-order valence-electron chi connectivity index (χ2n) is 8.04. The Hall–Kier alpha value is -2.43.